The fraction of sp³-hybridized carbons (Fsp3) is 0.444. The van der Waals surface area contributed by atoms with Crippen molar-refractivity contribution in [2.24, 2.45) is 5.73 Å². The summed E-state index contributed by atoms with van der Waals surface area (Å²) in [5, 5.41) is 0. The Hall–Kier alpha value is -0.870. The fourth-order valence-corrected chi connectivity index (χ4v) is 1.31. The third-order valence-electron chi connectivity index (χ3n) is 1.79. The molecular formula is C9H14N2OS. The maximum Gasteiger partial charge on any atom is 0.117 e. The lowest BCUT2D eigenvalue weighted by atomic mass is 10.4. The molecule has 0 aliphatic rings. The molecule has 0 aliphatic carbocycles. The third-order valence-corrected chi connectivity index (χ3v) is 1.92. The highest BCUT2D eigenvalue weighted by molar-refractivity contribution is 7.80. The van der Waals surface area contributed by atoms with Gasteiger partial charge in [0.1, 0.15) is 5.76 Å². The van der Waals surface area contributed by atoms with Gasteiger partial charge in [0.05, 0.1) is 17.8 Å². The number of likely N-dealkylation sites (N-methyl/N-ethyl adjacent to an activating group) is 1. The van der Waals surface area contributed by atoms with E-state index in [0.29, 0.717) is 11.5 Å². The average Bonchev–Trinajstić information content (AvgIpc) is 2.55. The number of thiocarbonyl (C=S) groups is 1. The van der Waals surface area contributed by atoms with E-state index in [1.807, 2.05) is 12.1 Å². The molecule has 0 atom stereocenters. The van der Waals surface area contributed by atoms with Gasteiger partial charge < -0.3 is 10.2 Å². The van der Waals surface area contributed by atoms with Crippen LogP contribution in [-0.2, 0) is 6.54 Å². The predicted molar refractivity (Wildman–Crippen MR) is 56.4 cm³/mol. The van der Waals surface area contributed by atoms with Crippen LogP contribution < -0.4 is 5.73 Å². The zero-order valence-corrected chi connectivity index (χ0v) is 8.51. The van der Waals surface area contributed by atoms with Gasteiger partial charge in [0.25, 0.3) is 0 Å². The van der Waals surface area contributed by atoms with Crippen LogP contribution in [-0.4, -0.2) is 23.0 Å². The second-order valence-corrected chi connectivity index (χ2v) is 3.37. The molecule has 2 N–H and O–H groups in total. The molecule has 0 unspecified atom stereocenters. The molecule has 0 radical (unpaired) electrons. The van der Waals surface area contributed by atoms with Gasteiger partial charge in [-0.2, -0.15) is 0 Å². The zero-order valence-electron chi connectivity index (χ0n) is 7.69. The molecule has 3 nitrogen and oxygen atoms in total. The SMILES string of the molecule is CCN(CC(N)=S)Cc1ccco1. The largest absolute Gasteiger partial charge is 0.468 e. The van der Waals surface area contributed by atoms with Crippen LogP contribution in [0.4, 0.5) is 0 Å². The van der Waals surface area contributed by atoms with Crippen molar-refractivity contribution in [3.8, 4) is 0 Å². The summed E-state index contributed by atoms with van der Waals surface area (Å²) < 4.78 is 5.22. The molecule has 0 fully saturated rings. The monoisotopic (exact) mass is 198 g/mol. The van der Waals surface area contributed by atoms with Crippen molar-refractivity contribution in [1.82, 2.24) is 4.90 Å². The second-order valence-electron chi connectivity index (χ2n) is 2.85. The van der Waals surface area contributed by atoms with Crippen LogP contribution in [0.2, 0.25) is 0 Å². The van der Waals surface area contributed by atoms with Gasteiger partial charge in [-0.05, 0) is 18.7 Å². The van der Waals surface area contributed by atoms with Gasteiger partial charge in [0, 0.05) is 6.54 Å². The first-order valence-electron chi connectivity index (χ1n) is 4.25. The smallest absolute Gasteiger partial charge is 0.117 e. The zero-order chi connectivity index (χ0) is 9.68. The van der Waals surface area contributed by atoms with Gasteiger partial charge in [0.2, 0.25) is 0 Å². The molecular weight excluding hydrogens is 184 g/mol. The van der Waals surface area contributed by atoms with Crippen LogP contribution in [0.5, 0.6) is 0 Å². The molecule has 0 aliphatic heterocycles. The van der Waals surface area contributed by atoms with E-state index in [0.717, 1.165) is 18.8 Å². The molecule has 1 aromatic heterocycles. The molecule has 1 rings (SSSR count). The average molecular weight is 198 g/mol. The van der Waals surface area contributed by atoms with E-state index in [9.17, 15) is 0 Å². The summed E-state index contributed by atoms with van der Waals surface area (Å²) in [4.78, 5) is 2.65. The van der Waals surface area contributed by atoms with Crippen molar-refractivity contribution in [2.45, 2.75) is 13.5 Å². The van der Waals surface area contributed by atoms with Gasteiger partial charge in [-0.1, -0.05) is 19.1 Å². The first-order chi connectivity index (χ1) is 6.22. The molecule has 0 aromatic carbocycles. The molecule has 0 saturated carbocycles. The fourth-order valence-electron chi connectivity index (χ4n) is 1.12. The lowest BCUT2D eigenvalue weighted by Gasteiger charge is -2.17. The van der Waals surface area contributed by atoms with Crippen LogP contribution in [0.1, 0.15) is 12.7 Å². The summed E-state index contributed by atoms with van der Waals surface area (Å²) in [5.74, 6) is 0.943. The van der Waals surface area contributed by atoms with E-state index in [4.69, 9.17) is 22.4 Å². The normalized spacial score (nSPS) is 10.6. The number of rotatable bonds is 5. The Morgan fingerprint density at radius 1 is 1.69 bits per heavy atom. The third kappa shape index (κ3) is 3.57. The van der Waals surface area contributed by atoms with Crippen molar-refractivity contribution in [1.29, 1.82) is 0 Å². The Balaban J connectivity index is 2.45. The molecule has 0 saturated heterocycles. The highest BCUT2D eigenvalue weighted by atomic mass is 32.1. The molecule has 1 heterocycles. The molecule has 0 bridgehead atoms. The van der Waals surface area contributed by atoms with E-state index in [2.05, 4.69) is 11.8 Å². The van der Waals surface area contributed by atoms with Crippen molar-refractivity contribution in [2.75, 3.05) is 13.1 Å². The Labute approximate surface area is 83.5 Å². The molecule has 13 heavy (non-hydrogen) atoms. The Morgan fingerprint density at radius 2 is 2.46 bits per heavy atom. The van der Waals surface area contributed by atoms with Gasteiger partial charge in [0.15, 0.2) is 0 Å². The predicted octanol–water partition coefficient (Wildman–Crippen LogP) is 1.39. The van der Waals surface area contributed by atoms with Gasteiger partial charge in [-0.15, -0.1) is 0 Å². The standard InChI is InChI=1S/C9H14N2OS/c1-2-11(7-9(10)13)6-8-4-3-5-12-8/h3-5H,2,6-7H2,1H3,(H2,10,13). The number of hydrogen-bond donors (Lipinski definition) is 1. The Bertz CT molecular complexity index is 259. The number of hydrogen-bond acceptors (Lipinski definition) is 3. The van der Waals surface area contributed by atoms with Gasteiger partial charge in [-0.3, -0.25) is 4.90 Å². The van der Waals surface area contributed by atoms with Crippen LogP contribution in [0.25, 0.3) is 0 Å². The summed E-state index contributed by atoms with van der Waals surface area (Å²) in [5.41, 5.74) is 5.46. The van der Waals surface area contributed by atoms with Crippen LogP contribution in [0, 0.1) is 0 Å². The van der Waals surface area contributed by atoms with Crippen LogP contribution >= 0.6 is 12.2 Å². The van der Waals surface area contributed by atoms with Crippen molar-refractivity contribution >= 4 is 17.2 Å². The summed E-state index contributed by atoms with van der Waals surface area (Å²) in [7, 11) is 0. The van der Waals surface area contributed by atoms with E-state index in [-0.39, 0.29) is 0 Å². The number of nitrogens with two attached hydrogens (primary N) is 1. The maximum atomic E-state index is 5.46. The van der Waals surface area contributed by atoms with E-state index < -0.39 is 0 Å². The lowest BCUT2D eigenvalue weighted by molar-refractivity contribution is 0.289. The first kappa shape index (κ1) is 10.2. The minimum absolute atomic E-state index is 0.522. The summed E-state index contributed by atoms with van der Waals surface area (Å²) in [6.07, 6.45) is 1.67. The summed E-state index contributed by atoms with van der Waals surface area (Å²) >= 11 is 4.84. The Morgan fingerprint density at radius 3 is 2.92 bits per heavy atom. The molecule has 0 spiro atoms. The second kappa shape index (κ2) is 4.99. The number of furan rings is 1. The highest BCUT2D eigenvalue weighted by Crippen LogP contribution is 2.04. The van der Waals surface area contributed by atoms with Crippen molar-refractivity contribution in [3.05, 3.63) is 24.2 Å². The minimum atomic E-state index is 0.522. The Kier molecular flexibility index (Phi) is 3.92. The molecule has 0 amide bonds. The number of nitrogens with zero attached hydrogens (tertiary/aromatic N) is 1. The lowest BCUT2D eigenvalue weighted by Crippen LogP contribution is -2.31. The molecule has 1 aromatic rings. The molecule has 72 valence electrons. The topological polar surface area (TPSA) is 42.4 Å². The van der Waals surface area contributed by atoms with Gasteiger partial charge in [-0.25, -0.2) is 0 Å². The first-order valence-corrected chi connectivity index (χ1v) is 4.66. The van der Waals surface area contributed by atoms with Crippen molar-refractivity contribution < 1.29 is 4.42 Å². The van der Waals surface area contributed by atoms with E-state index in [1.165, 1.54) is 0 Å². The van der Waals surface area contributed by atoms with Crippen molar-refractivity contribution in [3.63, 3.8) is 0 Å². The quantitative estimate of drug-likeness (QED) is 0.726. The maximum absolute atomic E-state index is 5.46. The van der Waals surface area contributed by atoms with Crippen LogP contribution in [0.3, 0.4) is 0 Å². The van der Waals surface area contributed by atoms with Gasteiger partial charge >= 0.3 is 0 Å². The summed E-state index contributed by atoms with van der Waals surface area (Å²) in [6.45, 7) is 4.40. The summed E-state index contributed by atoms with van der Waals surface area (Å²) in [6, 6.07) is 3.83. The molecule has 4 heteroatoms. The minimum Gasteiger partial charge on any atom is -0.468 e. The van der Waals surface area contributed by atoms with E-state index >= 15 is 0 Å². The highest BCUT2D eigenvalue weighted by Gasteiger charge is 2.05. The van der Waals surface area contributed by atoms with E-state index in [1.54, 1.807) is 6.26 Å². The van der Waals surface area contributed by atoms with Crippen LogP contribution in [0.15, 0.2) is 22.8 Å².